The van der Waals surface area contributed by atoms with Crippen molar-refractivity contribution < 1.29 is 9.57 Å². The molecule has 4 heteroatoms. The van der Waals surface area contributed by atoms with Crippen molar-refractivity contribution in [1.82, 2.24) is 4.90 Å². The smallest absolute Gasteiger partial charge is 0.0914 e. The third-order valence-corrected chi connectivity index (χ3v) is 2.27. The molecule has 0 amide bonds. The number of hydrogen-bond donors (Lipinski definition) is 1. The van der Waals surface area contributed by atoms with Crippen molar-refractivity contribution in [1.29, 1.82) is 0 Å². The highest BCUT2D eigenvalue weighted by atomic mass is 16.6. The Kier molecular flexibility index (Phi) is 4.53. The molecule has 0 aliphatic carbocycles. The molecule has 1 fully saturated rings. The van der Waals surface area contributed by atoms with Crippen LogP contribution in [-0.2, 0) is 9.57 Å². The van der Waals surface area contributed by atoms with Gasteiger partial charge in [-0.3, -0.25) is 9.74 Å². The van der Waals surface area contributed by atoms with E-state index in [-0.39, 0.29) is 6.10 Å². The molecule has 1 aliphatic rings. The quantitative estimate of drug-likeness (QED) is 0.609. The Labute approximate surface area is 73.6 Å². The zero-order valence-electron chi connectivity index (χ0n) is 7.66. The van der Waals surface area contributed by atoms with Gasteiger partial charge in [-0.25, -0.2) is 5.90 Å². The van der Waals surface area contributed by atoms with Crippen molar-refractivity contribution in [3.63, 3.8) is 0 Å². The first kappa shape index (κ1) is 9.92. The zero-order chi connectivity index (χ0) is 8.81. The summed E-state index contributed by atoms with van der Waals surface area (Å²) in [5, 5.41) is 0. The first-order valence-corrected chi connectivity index (χ1v) is 4.43. The Balaban J connectivity index is 2.16. The summed E-state index contributed by atoms with van der Waals surface area (Å²) in [7, 11) is 1.72. The number of nitrogens with two attached hydrogens (primary N) is 1. The summed E-state index contributed by atoms with van der Waals surface area (Å²) in [6, 6.07) is 0. The van der Waals surface area contributed by atoms with Gasteiger partial charge in [0.05, 0.1) is 12.7 Å². The number of nitrogens with zero attached hydrogens (tertiary/aromatic N) is 1. The van der Waals surface area contributed by atoms with Crippen LogP contribution < -0.4 is 5.90 Å². The highest BCUT2D eigenvalue weighted by Crippen LogP contribution is 2.10. The van der Waals surface area contributed by atoms with E-state index in [1.54, 1.807) is 7.11 Å². The minimum absolute atomic E-state index is 0.218. The van der Waals surface area contributed by atoms with Crippen molar-refractivity contribution in [2.75, 3.05) is 33.4 Å². The molecule has 1 rings (SSSR count). The average Bonchev–Trinajstić information content (AvgIpc) is 2.15. The Morgan fingerprint density at radius 1 is 1.58 bits per heavy atom. The van der Waals surface area contributed by atoms with Gasteiger partial charge in [0.1, 0.15) is 0 Å². The maximum atomic E-state index is 5.14. The van der Waals surface area contributed by atoms with E-state index in [1.165, 1.54) is 6.42 Å². The molecule has 12 heavy (non-hydrogen) atoms. The van der Waals surface area contributed by atoms with Crippen LogP contribution in [0.2, 0.25) is 0 Å². The van der Waals surface area contributed by atoms with E-state index in [9.17, 15) is 0 Å². The van der Waals surface area contributed by atoms with E-state index in [1.807, 2.05) is 0 Å². The predicted molar refractivity (Wildman–Crippen MR) is 46.6 cm³/mol. The van der Waals surface area contributed by atoms with E-state index in [0.29, 0.717) is 0 Å². The van der Waals surface area contributed by atoms with E-state index < -0.39 is 0 Å². The van der Waals surface area contributed by atoms with Gasteiger partial charge in [-0.2, -0.15) is 0 Å². The van der Waals surface area contributed by atoms with Crippen LogP contribution in [0, 0.1) is 0 Å². The molecule has 0 spiro atoms. The molecule has 72 valence electrons. The summed E-state index contributed by atoms with van der Waals surface area (Å²) in [5.41, 5.74) is 0. The second kappa shape index (κ2) is 5.48. The molecule has 1 saturated heterocycles. The molecule has 0 radical (unpaired) electrons. The molecule has 4 nitrogen and oxygen atoms in total. The maximum absolute atomic E-state index is 5.14. The topological polar surface area (TPSA) is 47.7 Å². The molecule has 1 aliphatic heterocycles. The number of likely N-dealkylation sites (tertiary alicyclic amines) is 1. The number of ether oxygens (including phenoxy) is 1. The van der Waals surface area contributed by atoms with Gasteiger partial charge in [0.2, 0.25) is 0 Å². The molecule has 0 aromatic heterocycles. The standard InChI is InChI=1S/C8H18N2O2/c1-11-6-5-10-4-2-3-8(7-10)12-9/h8H,2-7,9H2,1H3. The summed E-state index contributed by atoms with van der Waals surface area (Å²) in [6.45, 7) is 3.86. The van der Waals surface area contributed by atoms with Crippen LogP contribution in [0.25, 0.3) is 0 Å². The van der Waals surface area contributed by atoms with Crippen molar-refractivity contribution in [2.24, 2.45) is 5.90 Å². The SMILES string of the molecule is COCCN1CCCC(ON)C1. The summed E-state index contributed by atoms with van der Waals surface area (Å²) in [4.78, 5) is 7.14. The molecule has 1 heterocycles. The molecular weight excluding hydrogens is 156 g/mol. The van der Waals surface area contributed by atoms with E-state index in [0.717, 1.165) is 32.7 Å². The van der Waals surface area contributed by atoms with Crippen LogP contribution in [-0.4, -0.2) is 44.4 Å². The third-order valence-electron chi connectivity index (χ3n) is 2.27. The highest BCUT2D eigenvalue weighted by molar-refractivity contribution is 4.72. The Hall–Kier alpha value is -0.160. The largest absolute Gasteiger partial charge is 0.383 e. The summed E-state index contributed by atoms with van der Waals surface area (Å²) in [5.74, 6) is 5.14. The fourth-order valence-corrected chi connectivity index (χ4v) is 1.55. The lowest BCUT2D eigenvalue weighted by Crippen LogP contribution is -2.42. The molecule has 1 atom stereocenters. The van der Waals surface area contributed by atoms with Gasteiger partial charge in [-0.05, 0) is 19.4 Å². The average molecular weight is 174 g/mol. The highest BCUT2D eigenvalue weighted by Gasteiger charge is 2.18. The van der Waals surface area contributed by atoms with E-state index >= 15 is 0 Å². The Bertz CT molecular complexity index is 122. The molecule has 2 N–H and O–H groups in total. The van der Waals surface area contributed by atoms with Crippen molar-refractivity contribution in [3.05, 3.63) is 0 Å². The normalized spacial score (nSPS) is 26.0. The number of methoxy groups -OCH3 is 1. The van der Waals surface area contributed by atoms with Crippen LogP contribution in [0.15, 0.2) is 0 Å². The molecule has 1 unspecified atom stereocenters. The summed E-state index contributed by atoms with van der Waals surface area (Å²) in [6.07, 6.45) is 2.47. The fourth-order valence-electron chi connectivity index (χ4n) is 1.55. The van der Waals surface area contributed by atoms with Gasteiger partial charge in [0.15, 0.2) is 0 Å². The van der Waals surface area contributed by atoms with Crippen LogP contribution in [0.3, 0.4) is 0 Å². The summed E-state index contributed by atoms with van der Waals surface area (Å²) >= 11 is 0. The van der Waals surface area contributed by atoms with Gasteiger partial charge in [-0.15, -0.1) is 0 Å². The monoisotopic (exact) mass is 174 g/mol. The molecular formula is C8H18N2O2. The second-order valence-electron chi connectivity index (χ2n) is 3.19. The van der Waals surface area contributed by atoms with E-state index in [4.69, 9.17) is 15.5 Å². The van der Waals surface area contributed by atoms with E-state index in [2.05, 4.69) is 4.90 Å². The zero-order valence-corrected chi connectivity index (χ0v) is 7.66. The van der Waals surface area contributed by atoms with Crippen LogP contribution >= 0.6 is 0 Å². The Morgan fingerprint density at radius 2 is 2.42 bits per heavy atom. The molecule has 0 bridgehead atoms. The van der Waals surface area contributed by atoms with Crippen LogP contribution in [0.1, 0.15) is 12.8 Å². The lowest BCUT2D eigenvalue weighted by atomic mass is 10.1. The number of hydrogen-bond acceptors (Lipinski definition) is 4. The van der Waals surface area contributed by atoms with Crippen molar-refractivity contribution >= 4 is 0 Å². The number of rotatable bonds is 4. The Morgan fingerprint density at radius 3 is 3.08 bits per heavy atom. The first-order valence-electron chi connectivity index (χ1n) is 4.43. The van der Waals surface area contributed by atoms with Gasteiger partial charge >= 0.3 is 0 Å². The summed E-state index contributed by atoms with van der Waals surface area (Å²) < 4.78 is 5.00. The van der Waals surface area contributed by atoms with Crippen LogP contribution in [0.5, 0.6) is 0 Å². The number of piperidine rings is 1. The fraction of sp³-hybridized carbons (Fsp3) is 1.00. The predicted octanol–water partition coefficient (Wildman–Crippen LogP) is -0.0125. The lowest BCUT2D eigenvalue weighted by molar-refractivity contribution is -0.00682. The molecule has 0 saturated carbocycles. The van der Waals surface area contributed by atoms with Crippen LogP contribution in [0.4, 0.5) is 0 Å². The minimum atomic E-state index is 0.218. The van der Waals surface area contributed by atoms with Gasteiger partial charge in [-0.1, -0.05) is 0 Å². The second-order valence-corrected chi connectivity index (χ2v) is 3.19. The van der Waals surface area contributed by atoms with Gasteiger partial charge < -0.3 is 4.74 Å². The molecule has 0 aromatic carbocycles. The first-order chi connectivity index (χ1) is 5.86. The molecule has 0 aromatic rings. The van der Waals surface area contributed by atoms with Crippen molar-refractivity contribution in [3.8, 4) is 0 Å². The van der Waals surface area contributed by atoms with Gasteiger partial charge in [0, 0.05) is 20.2 Å². The van der Waals surface area contributed by atoms with Gasteiger partial charge in [0.25, 0.3) is 0 Å². The third kappa shape index (κ3) is 3.06. The van der Waals surface area contributed by atoms with Crippen molar-refractivity contribution in [2.45, 2.75) is 18.9 Å². The minimum Gasteiger partial charge on any atom is -0.383 e. The lowest BCUT2D eigenvalue weighted by Gasteiger charge is -2.30. The maximum Gasteiger partial charge on any atom is 0.0914 e.